The Morgan fingerprint density at radius 2 is 2.16 bits per heavy atom. The number of aliphatic carboxylic acids is 1. The monoisotopic (exact) mass is 328 g/mol. The Hall–Kier alpha value is -0.910. The lowest BCUT2D eigenvalue weighted by Crippen LogP contribution is -2.44. The number of benzene rings is 1. The maximum atomic E-state index is 10.7. The third-order valence-corrected chi connectivity index (χ3v) is 3.67. The number of carboxylic acids is 1. The maximum absolute atomic E-state index is 10.7. The van der Waals surface area contributed by atoms with Crippen molar-refractivity contribution in [1.82, 2.24) is 5.32 Å². The molecule has 0 aliphatic heterocycles. The van der Waals surface area contributed by atoms with Crippen LogP contribution in [0.4, 0.5) is 0 Å². The SMILES string of the molecule is Cc1ccc(Br)cc1C(C)(C)CNCC(N)C(=O)O. The summed E-state index contributed by atoms with van der Waals surface area (Å²) in [6.45, 7) is 7.27. The normalized spacial score (nSPS) is 13.3. The number of halogens is 1. The van der Waals surface area contributed by atoms with E-state index in [1.54, 1.807) is 0 Å². The highest BCUT2D eigenvalue weighted by Crippen LogP contribution is 2.28. The zero-order valence-corrected chi connectivity index (χ0v) is 13.1. The molecule has 0 amide bonds. The van der Waals surface area contributed by atoms with Gasteiger partial charge in [-0.05, 0) is 30.2 Å². The van der Waals surface area contributed by atoms with Crippen LogP contribution < -0.4 is 11.1 Å². The van der Waals surface area contributed by atoms with Crippen LogP contribution in [0, 0.1) is 6.92 Å². The summed E-state index contributed by atoms with van der Waals surface area (Å²) in [4.78, 5) is 10.7. The van der Waals surface area contributed by atoms with Crippen molar-refractivity contribution in [3.8, 4) is 0 Å². The number of hydrogen-bond donors (Lipinski definition) is 3. The molecule has 19 heavy (non-hydrogen) atoms. The molecule has 5 heteroatoms. The summed E-state index contributed by atoms with van der Waals surface area (Å²) in [7, 11) is 0. The third kappa shape index (κ3) is 4.60. The second-order valence-corrected chi connectivity index (χ2v) is 6.33. The number of nitrogens with two attached hydrogens (primary N) is 1. The zero-order chi connectivity index (χ0) is 14.6. The number of nitrogens with one attached hydrogen (secondary N) is 1. The highest BCUT2D eigenvalue weighted by molar-refractivity contribution is 9.10. The van der Waals surface area contributed by atoms with Gasteiger partial charge in [0.15, 0.2) is 0 Å². The van der Waals surface area contributed by atoms with E-state index in [0.717, 1.165) is 4.47 Å². The summed E-state index contributed by atoms with van der Waals surface area (Å²) in [5, 5.41) is 11.9. The molecule has 0 spiro atoms. The average Bonchev–Trinajstić information content (AvgIpc) is 2.31. The van der Waals surface area contributed by atoms with Crippen LogP contribution in [-0.4, -0.2) is 30.2 Å². The number of rotatable bonds is 6. The van der Waals surface area contributed by atoms with Crippen molar-refractivity contribution in [2.45, 2.75) is 32.2 Å². The van der Waals surface area contributed by atoms with E-state index in [4.69, 9.17) is 10.8 Å². The van der Waals surface area contributed by atoms with Crippen molar-refractivity contribution in [2.75, 3.05) is 13.1 Å². The van der Waals surface area contributed by atoms with Crippen LogP contribution in [0.5, 0.6) is 0 Å². The van der Waals surface area contributed by atoms with Gasteiger partial charge in [0.2, 0.25) is 0 Å². The van der Waals surface area contributed by atoms with Crippen molar-refractivity contribution in [3.05, 3.63) is 33.8 Å². The van der Waals surface area contributed by atoms with Gasteiger partial charge in [-0.15, -0.1) is 0 Å². The highest BCUT2D eigenvalue weighted by atomic mass is 79.9. The van der Waals surface area contributed by atoms with Crippen molar-refractivity contribution in [3.63, 3.8) is 0 Å². The van der Waals surface area contributed by atoms with E-state index in [1.165, 1.54) is 11.1 Å². The van der Waals surface area contributed by atoms with Gasteiger partial charge in [0.25, 0.3) is 0 Å². The lowest BCUT2D eigenvalue weighted by molar-refractivity contribution is -0.138. The molecule has 1 rings (SSSR count). The van der Waals surface area contributed by atoms with Gasteiger partial charge < -0.3 is 16.2 Å². The Balaban J connectivity index is 2.70. The van der Waals surface area contributed by atoms with Crippen LogP contribution in [0.1, 0.15) is 25.0 Å². The largest absolute Gasteiger partial charge is 0.480 e. The molecule has 4 nitrogen and oxygen atoms in total. The summed E-state index contributed by atoms with van der Waals surface area (Å²) in [6, 6.07) is 5.33. The molecule has 0 bridgehead atoms. The first-order valence-corrected chi connectivity index (χ1v) is 6.99. The topological polar surface area (TPSA) is 75.3 Å². The summed E-state index contributed by atoms with van der Waals surface area (Å²) in [5.41, 5.74) is 7.83. The van der Waals surface area contributed by atoms with E-state index < -0.39 is 12.0 Å². The first-order chi connectivity index (χ1) is 8.74. The van der Waals surface area contributed by atoms with E-state index >= 15 is 0 Å². The molecule has 1 unspecified atom stereocenters. The summed E-state index contributed by atoms with van der Waals surface area (Å²) in [6.07, 6.45) is 0. The Morgan fingerprint density at radius 1 is 1.53 bits per heavy atom. The fourth-order valence-electron chi connectivity index (χ4n) is 2.05. The molecule has 4 N–H and O–H groups in total. The van der Waals surface area contributed by atoms with Crippen LogP contribution in [0.2, 0.25) is 0 Å². The number of hydrogen-bond acceptors (Lipinski definition) is 3. The first kappa shape index (κ1) is 16.1. The molecule has 1 atom stereocenters. The smallest absolute Gasteiger partial charge is 0.321 e. The van der Waals surface area contributed by atoms with Gasteiger partial charge in [-0.25, -0.2) is 0 Å². The number of carbonyl (C=O) groups is 1. The minimum absolute atomic E-state index is 0.0912. The van der Waals surface area contributed by atoms with Crippen molar-refractivity contribution in [1.29, 1.82) is 0 Å². The second-order valence-electron chi connectivity index (χ2n) is 5.42. The molecule has 0 saturated heterocycles. The van der Waals surface area contributed by atoms with Gasteiger partial charge in [-0.3, -0.25) is 4.79 Å². The lowest BCUT2D eigenvalue weighted by Gasteiger charge is -2.28. The van der Waals surface area contributed by atoms with Gasteiger partial charge in [-0.1, -0.05) is 35.8 Å². The van der Waals surface area contributed by atoms with Crippen LogP contribution in [0.25, 0.3) is 0 Å². The van der Waals surface area contributed by atoms with E-state index in [1.807, 2.05) is 6.07 Å². The predicted octanol–water partition coefficient (Wildman–Crippen LogP) is 2.04. The average molecular weight is 329 g/mol. The molecule has 1 aromatic rings. The van der Waals surface area contributed by atoms with E-state index in [0.29, 0.717) is 6.54 Å². The quantitative estimate of drug-likeness (QED) is 0.747. The second kappa shape index (κ2) is 6.50. The molecule has 1 aromatic carbocycles. The molecule has 106 valence electrons. The standard InChI is InChI=1S/C14H21BrN2O2/c1-9-4-5-10(15)6-11(9)14(2,3)8-17-7-12(16)13(18)19/h4-6,12,17H,7-8,16H2,1-3H3,(H,18,19). The summed E-state index contributed by atoms with van der Waals surface area (Å²) >= 11 is 3.48. The first-order valence-electron chi connectivity index (χ1n) is 6.20. The van der Waals surface area contributed by atoms with Gasteiger partial charge in [-0.2, -0.15) is 0 Å². The molecule has 0 fully saturated rings. The zero-order valence-electron chi connectivity index (χ0n) is 11.5. The van der Waals surface area contributed by atoms with Crippen molar-refractivity contribution in [2.24, 2.45) is 5.73 Å². The molecule has 0 aromatic heterocycles. The molecule has 0 saturated carbocycles. The summed E-state index contributed by atoms with van der Waals surface area (Å²) < 4.78 is 1.04. The minimum atomic E-state index is -0.982. The van der Waals surface area contributed by atoms with E-state index in [9.17, 15) is 4.79 Å². The van der Waals surface area contributed by atoms with Crippen LogP contribution in [0.3, 0.4) is 0 Å². The van der Waals surface area contributed by atoms with Gasteiger partial charge >= 0.3 is 5.97 Å². The Kier molecular flexibility index (Phi) is 5.52. The molecule has 0 aliphatic carbocycles. The highest BCUT2D eigenvalue weighted by Gasteiger charge is 2.23. The number of aryl methyl sites for hydroxylation is 1. The van der Waals surface area contributed by atoms with Gasteiger partial charge in [0.05, 0.1) is 0 Å². The minimum Gasteiger partial charge on any atom is -0.480 e. The maximum Gasteiger partial charge on any atom is 0.321 e. The predicted molar refractivity (Wildman–Crippen MR) is 80.4 cm³/mol. The number of carboxylic acid groups (broad SMARTS) is 1. The summed E-state index contributed by atoms with van der Waals surface area (Å²) in [5.74, 6) is -0.982. The van der Waals surface area contributed by atoms with Crippen LogP contribution >= 0.6 is 15.9 Å². The third-order valence-electron chi connectivity index (χ3n) is 3.18. The molecule has 0 radical (unpaired) electrons. The van der Waals surface area contributed by atoms with E-state index in [-0.39, 0.29) is 12.0 Å². The molecule has 0 heterocycles. The molecule has 0 aliphatic rings. The lowest BCUT2D eigenvalue weighted by atomic mass is 9.82. The fourth-order valence-corrected chi connectivity index (χ4v) is 2.41. The molecular weight excluding hydrogens is 308 g/mol. The van der Waals surface area contributed by atoms with E-state index in [2.05, 4.69) is 54.2 Å². The Bertz CT molecular complexity index is 461. The van der Waals surface area contributed by atoms with Gasteiger partial charge in [0.1, 0.15) is 6.04 Å². The molecular formula is C14H21BrN2O2. The Labute approximate surface area is 122 Å². The van der Waals surface area contributed by atoms with Crippen molar-refractivity contribution < 1.29 is 9.90 Å². The van der Waals surface area contributed by atoms with Crippen LogP contribution in [0.15, 0.2) is 22.7 Å². The van der Waals surface area contributed by atoms with Crippen LogP contribution in [-0.2, 0) is 10.2 Å². The van der Waals surface area contributed by atoms with Gasteiger partial charge in [0, 0.05) is 23.0 Å². The van der Waals surface area contributed by atoms with Crippen molar-refractivity contribution >= 4 is 21.9 Å². The fraction of sp³-hybridized carbons (Fsp3) is 0.500. The Morgan fingerprint density at radius 3 is 2.74 bits per heavy atom.